The number of Topliss-reactive ketones (excluding diaryl/α,β-unsaturated/α-hetero) is 1. The summed E-state index contributed by atoms with van der Waals surface area (Å²) in [5.74, 6) is 1.15. The Kier molecular flexibility index (Phi) is 6.37. The van der Waals surface area contributed by atoms with Gasteiger partial charge in [0.15, 0.2) is 11.5 Å². The number of carbonyl (C=O) groups excluding carboxylic acids is 2. The molecular formula is C18H23NO5. The van der Waals surface area contributed by atoms with Gasteiger partial charge in [-0.1, -0.05) is 12.6 Å². The maximum Gasteiger partial charge on any atom is 0.330 e. The number of aryl methyl sites for hydroxylation is 1. The number of fused-ring (bicyclic) bond motifs is 1. The fourth-order valence-electron chi connectivity index (χ4n) is 2.54. The monoisotopic (exact) mass is 333 g/mol. The molecule has 0 radical (unpaired) electrons. The molecule has 0 atom stereocenters. The standard InChI is InChI=1S/C18H23NO5/c1-4-17(21)23-8-7-19-11-15-9-14(6-5-13(2)20)10-16(22-3)18(15)24-12-19/h4,9-10H,1,5-8,11-12H2,2-3H3. The van der Waals surface area contributed by atoms with Crippen molar-refractivity contribution in [2.45, 2.75) is 26.3 Å². The van der Waals surface area contributed by atoms with E-state index in [1.807, 2.05) is 17.0 Å². The van der Waals surface area contributed by atoms with Gasteiger partial charge in [-0.25, -0.2) is 4.79 Å². The fourth-order valence-corrected chi connectivity index (χ4v) is 2.54. The Bertz CT molecular complexity index is 626. The molecule has 0 amide bonds. The highest BCUT2D eigenvalue weighted by Crippen LogP contribution is 2.36. The number of carbonyl (C=O) groups is 2. The predicted octanol–water partition coefficient (Wildman–Crippen LogP) is 2.10. The molecular weight excluding hydrogens is 310 g/mol. The van der Waals surface area contributed by atoms with E-state index in [-0.39, 0.29) is 12.4 Å². The second-order valence-electron chi connectivity index (χ2n) is 5.69. The lowest BCUT2D eigenvalue weighted by atomic mass is 10.0. The first-order chi connectivity index (χ1) is 11.5. The predicted molar refractivity (Wildman–Crippen MR) is 89.1 cm³/mol. The van der Waals surface area contributed by atoms with Crippen molar-refractivity contribution in [2.24, 2.45) is 0 Å². The first kappa shape index (κ1) is 18.0. The molecule has 1 aromatic carbocycles. The Balaban J connectivity index is 2.04. The van der Waals surface area contributed by atoms with Crippen molar-refractivity contribution >= 4 is 11.8 Å². The van der Waals surface area contributed by atoms with E-state index in [2.05, 4.69) is 6.58 Å². The minimum atomic E-state index is -0.429. The van der Waals surface area contributed by atoms with Crippen LogP contribution in [-0.2, 0) is 27.3 Å². The lowest BCUT2D eigenvalue weighted by Crippen LogP contribution is -2.35. The third kappa shape index (κ3) is 4.83. The smallest absolute Gasteiger partial charge is 0.330 e. The summed E-state index contributed by atoms with van der Waals surface area (Å²) in [7, 11) is 1.61. The highest BCUT2D eigenvalue weighted by atomic mass is 16.5. The molecule has 1 heterocycles. The van der Waals surface area contributed by atoms with Gasteiger partial charge in [-0.05, 0) is 25.0 Å². The number of hydrogen-bond acceptors (Lipinski definition) is 6. The van der Waals surface area contributed by atoms with Crippen LogP contribution < -0.4 is 9.47 Å². The summed E-state index contributed by atoms with van der Waals surface area (Å²) in [4.78, 5) is 24.3. The van der Waals surface area contributed by atoms with Crippen LogP contribution in [0.15, 0.2) is 24.8 Å². The van der Waals surface area contributed by atoms with Crippen molar-refractivity contribution < 1.29 is 23.8 Å². The van der Waals surface area contributed by atoms with Crippen molar-refractivity contribution in [3.05, 3.63) is 35.9 Å². The lowest BCUT2D eigenvalue weighted by molar-refractivity contribution is -0.138. The number of rotatable bonds is 8. The molecule has 6 heteroatoms. The van der Waals surface area contributed by atoms with Gasteiger partial charge in [0.25, 0.3) is 0 Å². The summed E-state index contributed by atoms with van der Waals surface area (Å²) in [5.41, 5.74) is 2.05. The number of ether oxygens (including phenoxy) is 3. The summed E-state index contributed by atoms with van der Waals surface area (Å²) in [6, 6.07) is 3.96. The largest absolute Gasteiger partial charge is 0.493 e. The Morgan fingerprint density at radius 1 is 1.42 bits per heavy atom. The quantitative estimate of drug-likeness (QED) is 0.536. The molecule has 0 aliphatic carbocycles. The van der Waals surface area contributed by atoms with E-state index in [9.17, 15) is 9.59 Å². The number of hydrogen-bond donors (Lipinski definition) is 0. The van der Waals surface area contributed by atoms with E-state index in [4.69, 9.17) is 14.2 Å². The molecule has 0 bridgehead atoms. The minimum absolute atomic E-state index is 0.161. The van der Waals surface area contributed by atoms with Gasteiger partial charge in [0.05, 0.1) is 7.11 Å². The normalized spacial score (nSPS) is 13.6. The van der Waals surface area contributed by atoms with Gasteiger partial charge in [0.2, 0.25) is 0 Å². The van der Waals surface area contributed by atoms with Gasteiger partial charge < -0.3 is 19.0 Å². The zero-order chi connectivity index (χ0) is 17.5. The fraction of sp³-hybridized carbons (Fsp3) is 0.444. The highest BCUT2D eigenvalue weighted by molar-refractivity contribution is 5.81. The first-order valence-corrected chi connectivity index (χ1v) is 7.87. The lowest BCUT2D eigenvalue weighted by Gasteiger charge is -2.30. The van der Waals surface area contributed by atoms with Crippen molar-refractivity contribution in [1.29, 1.82) is 0 Å². The summed E-state index contributed by atoms with van der Waals surface area (Å²) in [6.07, 6.45) is 2.33. The van der Waals surface area contributed by atoms with E-state index >= 15 is 0 Å². The van der Waals surface area contributed by atoms with Crippen LogP contribution in [0.2, 0.25) is 0 Å². The second kappa shape index (κ2) is 8.49. The molecule has 0 saturated carbocycles. The van der Waals surface area contributed by atoms with Crippen molar-refractivity contribution in [3.63, 3.8) is 0 Å². The van der Waals surface area contributed by atoms with E-state index in [0.717, 1.165) is 23.0 Å². The van der Waals surface area contributed by atoms with Gasteiger partial charge in [-0.2, -0.15) is 0 Å². The van der Waals surface area contributed by atoms with Gasteiger partial charge >= 0.3 is 5.97 Å². The molecule has 130 valence electrons. The van der Waals surface area contributed by atoms with Crippen LogP contribution in [0.1, 0.15) is 24.5 Å². The number of esters is 1. The third-order valence-electron chi connectivity index (χ3n) is 3.78. The molecule has 6 nitrogen and oxygen atoms in total. The van der Waals surface area contributed by atoms with E-state index in [1.165, 1.54) is 0 Å². The van der Waals surface area contributed by atoms with Crippen LogP contribution in [0, 0.1) is 0 Å². The number of benzene rings is 1. The molecule has 1 aliphatic heterocycles. The van der Waals surface area contributed by atoms with Crippen LogP contribution in [0.25, 0.3) is 0 Å². The van der Waals surface area contributed by atoms with Crippen molar-refractivity contribution in [2.75, 3.05) is 27.0 Å². The van der Waals surface area contributed by atoms with Crippen LogP contribution in [-0.4, -0.2) is 43.6 Å². The number of methoxy groups -OCH3 is 1. The second-order valence-corrected chi connectivity index (χ2v) is 5.69. The summed E-state index contributed by atoms with van der Waals surface area (Å²) < 4.78 is 16.2. The Labute approximate surface area is 142 Å². The average molecular weight is 333 g/mol. The summed E-state index contributed by atoms with van der Waals surface area (Å²) in [5, 5.41) is 0. The number of ketones is 1. The van der Waals surface area contributed by atoms with Gasteiger partial charge in [-0.3, -0.25) is 4.90 Å². The Morgan fingerprint density at radius 2 is 2.21 bits per heavy atom. The summed E-state index contributed by atoms with van der Waals surface area (Å²) in [6.45, 7) is 6.88. The van der Waals surface area contributed by atoms with E-state index in [0.29, 0.717) is 38.4 Å². The Hall–Kier alpha value is -2.34. The third-order valence-corrected chi connectivity index (χ3v) is 3.78. The molecule has 24 heavy (non-hydrogen) atoms. The van der Waals surface area contributed by atoms with Gasteiger partial charge in [0, 0.05) is 31.1 Å². The maximum atomic E-state index is 11.2. The van der Waals surface area contributed by atoms with Crippen LogP contribution in [0.4, 0.5) is 0 Å². The molecule has 1 aromatic rings. The zero-order valence-corrected chi connectivity index (χ0v) is 14.2. The molecule has 0 aromatic heterocycles. The first-order valence-electron chi connectivity index (χ1n) is 7.87. The van der Waals surface area contributed by atoms with Crippen molar-refractivity contribution in [1.82, 2.24) is 4.90 Å². The Morgan fingerprint density at radius 3 is 2.88 bits per heavy atom. The van der Waals surface area contributed by atoms with Crippen LogP contribution >= 0.6 is 0 Å². The van der Waals surface area contributed by atoms with Gasteiger partial charge in [-0.15, -0.1) is 0 Å². The minimum Gasteiger partial charge on any atom is -0.493 e. The van der Waals surface area contributed by atoms with Crippen LogP contribution in [0.5, 0.6) is 11.5 Å². The van der Waals surface area contributed by atoms with Gasteiger partial charge in [0.1, 0.15) is 19.1 Å². The number of nitrogens with zero attached hydrogens (tertiary/aromatic N) is 1. The molecule has 0 fully saturated rings. The molecule has 0 N–H and O–H groups in total. The average Bonchev–Trinajstić information content (AvgIpc) is 2.58. The van der Waals surface area contributed by atoms with Crippen molar-refractivity contribution in [3.8, 4) is 11.5 Å². The van der Waals surface area contributed by atoms with Crippen LogP contribution in [0.3, 0.4) is 0 Å². The molecule has 0 spiro atoms. The zero-order valence-electron chi connectivity index (χ0n) is 14.2. The molecule has 1 aliphatic rings. The van der Waals surface area contributed by atoms with E-state index < -0.39 is 5.97 Å². The molecule has 2 rings (SSSR count). The maximum absolute atomic E-state index is 11.2. The highest BCUT2D eigenvalue weighted by Gasteiger charge is 2.22. The van der Waals surface area contributed by atoms with E-state index in [1.54, 1.807) is 14.0 Å². The SMILES string of the molecule is C=CC(=O)OCCN1COc2c(cc(CCC(C)=O)cc2OC)C1. The topological polar surface area (TPSA) is 65.1 Å². The summed E-state index contributed by atoms with van der Waals surface area (Å²) >= 11 is 0. The molecule has 0 unspecified atom stereocenters. The molecule has 0 saturated heterocycles.